The number of aromatic nitrogens is 3. The molecule has 0 aliphatic carbocycles. The summed E-state index contributed by atoms with van der Waals surface area (Å²) in [5.41, 5.74) is 9.31. The van der Waals surface area contributed by atoms with E-state index < -0.39 is 0 Å². The van der Waals surface area contributed by atoms with Crippen molar-refractivity contribution in [3.8, 4) is 5.69 Å². The molecular weight excluding hydrogens is 438 g/mol. The molecule has 1 amide bonds. The lowest BCUT2D eigenvalue weighted by Gasteiger charge is -2.15. The summed E-state index contributed by atoms with van der Waals surface area (Å²) in [5, 5.41) is 4.68. The summed E-state index contributed by atoms with van der Waals surface area (Å²) in [5.74, 6) is -0.446. The van der Waals surface area contributed by atoms with Crippen LogP contribution in [-0.4, -0.2) is 45.5 Å². The molecule has 1 N–H and O–H groups in total. The monoisotopic (exact) mass is 465 g/mol. The third kappa shape index (κ3) is 5.67. The SMILES string of the molecule is COC(=O)c1cccc(-n2c(C)cc(/C=N\NC(=O)CSc3nc(C)cc(C)n3)c2C)c1C. The summed E-state index contributed by atoms with van der Waals surface area (Å²) in [6.07, 6.45) is 1.62. The zero-order valence-corrected chi connectivity index (χ0v) is 20.4. The predicted octanol–water partition coefficient (Wildman–Crippen LogP) is 3.84. The molecule has 0 bridgehead atoms. The molecule has 172 valence electrons. The molecule has 0 saturated carbocycles. The van der Waals surface area contributed by atoms with Gasteiger partial charge in [-0.25, -0.2) is 20.2 Å². The second-order valence-corrected chi connectivity index (χ2v) is 8.56. The standard InChI is InChI=1S/C24H27N5O3S/c1-14-10-15(2)27-24(26-14)33-13-22(30)28-25-12-19-11-16(3)29(18(19)5)21-9-7-8-20(17(21)4)23(31)32-6/h7-12H,13H2,1-6H3,(H,28,30)/b25-12-. The summed E-state index contributed by atoms with van der Waals surface area (Å²) in [4.78, 5) is 32.9. The molecule has 2 heterocycles. The van der Waals surface area contributed by atoms with Gasteiger partial charge in [-0.1, -0.05) is 17.8 Å². The first-order valence-corrected chi connectivity index (χ1v) is 11.3. The Morgan fingerprint density at radius 1 is 1.12 bits per heavy atom. The molecule has 1 aromatic carbocycles. The second-order valence-electron chi connectivity index (χ2n) is 7.62. The average Bonchev–Trinajstić information content (AvgIpc) is 3.04. The van der Waals surface area contributed by atoms with Crippen molar-refractivity contribution in [3.63, 3.8) is 0 Å². The highest BCUT2D eigenvalue weighted by Crippen LogP contribution is 2.25. The number of hydrogen-bond donors (Lipinski definition) is 1. The fourth-order valence-corrected chi connectivity index (χ4v) is 4.32. The molecule has 0 radical (unpaired) electrons. The number of methoxy groups -OCH3 is 1. The smallest absolute Gasteiger partial charge is 0.338 e. The molecule has 0 unspecified atom stereocenters. The third-order valence-corrected chi connectivity index (χ3v) is 5.96. The molecule has 0 aliphatic heterocycles. The lowest BCUT2D eigenvalue weighted by atomic mass is 10.1. The third-order valence-electron chi connectivity index (χ3n) is 5.11. The zero-order valence-electron chi connectivity index (χ0n) is 19.6. The van der Waals surface area contributed by atoms with E-state index in [1.165, 1.54) is 18.9 Å². The number of benzene rings is 1. The number of aryl methyl sites for hydroxylation is 3. The van der Waals surface area contributed by atoms with Crippen molar-refractivity contribution in [2.45, 2.75) is 39.8 Å². The molecule has 3 rings (SSSR count). The van der Waals surface area contributed by atoms with Crippen LogP contribution in [0.15, 0.2) is 40.6 Å². The number of amides is 1. The van der Waals surface area contributed by atoms with E-state index in [1.54, 1.807) is 12.3 Å². The number of nitrogens with one attached hydrogen (secondary N) is 1. The molecule has 2 aromatic heterocycles. The maximum absolute atomic E-state index is 12.2. The number of ether oxygens (including phenoxy) is 1. The van der Waals surface area contributed by atoms with Crippen LogP contribution in [0.2, 0.25) is 0 Å². The largest absolute Gasteiger partial charge is 0.465 e. The summed E-state index contributed by atoms with van der Waals surface area (Å²) in [7, 11) is 1.37. The minimum atomic E-state index is -0.370. The predicted molar refractivity (Wildman–Crippen MR) is 129 cm³/mol. The highest BCUT2D eigenvalue weighted by Gasteiger charge is 2.16. The quantitative estimate of drug-likeness (QED) is 0.187. The second kappa shape index (κ2) is 10.4. The molecule has 9 heteroatoms. The van der Waals surface area contributed by atoms with Crippen molar-refractivity contribution in [1.82, 2.24) is 20.0 Å². The number of carbonyl (C=O) groups is 2. The highest BCUT2D eigenvalue weighted by atomic mass is 32.2. The molecule has 0 spiro atoms. The number of esters is 1. The van der Waals surface area contributed by atoms with E-state index in [9.17, 15) is 9.59 Å². The summed E-state index contributed by atoms with van der Waals surface area (Å²) < 4.78 is 6.94. The van der Waals surface area contributed by atoms with Gasteiger partial charge in [0, 0.05) is 34.0 Å². The van der Waals surface area contributed by atoms with Gasteiger partial charge in [0.1, 0.15) is 0 Å². The van der Waals surface area contributed by atoms with Crippen LogP contribution in [0.25, 0.3) is 5.69 Å². The Hall–Kier alpha value is -3.46. The van der Waals surface area contributed by atoms with Crippen molar-refractivity contribution < 1.29 is 14.3 Å². The minimum absolute atomic E-state index is 0.165. The molecule has 0 saturated heterocycles. The molecule has 0 atom stereocenters. The summed E-state index contributed by atoms with van der Waals surface area (Å²) >= 11 is 1.27. The van der Waals surface area contributed by atoms with E-state index in [-0.39, 0.29) is 17.6 Å². The lowest BCUT2D eigenvalue weighted by molar-refractivity contribution is -0.118. The van der Waals surface area contributed by atoms with Crippen molar-refractivity contribution in [3.05, 3.63) is 69.8 Å². The van der Waals surface area contributed by atoms with Crippen molar-refractivity contribution in [2.24, 2.45) is 5.10 Å². The summed E-state index contributed by atoms with van der Waals surface area (Å²) in [6, 6.07) is 9.40. The van der Waals surface area contributed by atoms with E-state index in [4.69, 9.17) is 4.74 Å². The van der Waals surface area contributed by atoms with E-state index >= 15 is 0 Å². The first-order valence-electron chi connectivity index (χ1n) is 10.4. The number of carbonyl (C=O) groups excluding carboxylic acids is 2. The number of hydrazone groups is 1. The Labute approximate surface area is 197 Å². The number of hydrogen-bond acceptors (Lipinski definition) is 7. The van der Waals surface area contributed by atoms with Gasteiger partial charge in [0.25, 0.3) is 5.91 Å². The number of thioether (sulfide) groups is 1. The van der Waals surface area contributed by atoms with Gasteiger partial charge in [-0.15, -0.1) is 0 Å². The molecule has 8 nitrogen and oxygen atoms in total. The van der Waals surface area contributed by atoms with Crippen LogP contribution < -0.4 is 5.43 Å². The Morgan fingerprint density at radius 3 is 2.48 bits per heavy atom. The fraction of sp³-hybridized carbons (Fsp3) is 0.292. The van der Waals surface area contributed by atoms with Gasteiger partial charge < -0.3 is 9.30 Å². The first-order chi connectivity index (χ1) is 15.7. The van der Waals surface area contributed by atoms with Crippen LogP contribution in [0.5, 0.6) is 0 Å². The zero-order chi connectivity index (χ0) is 24.1. The van der Waals surface area contributed by atoms with Crippen LogP contribution >= 0.6 is 11.8 Å². The normalized spacial score (nSPS) is 11.1. The Bertz CT molecular complexity index is 1210. The lowest BCUT2D eigenvalue weighted by Crippen LogP contribution is -2.20. The van der Waals surface area contributed by atoms with Crippen LogP contribution in [0.1, 0.15) is 44.3 Å². The van der Waals surface area contributed by atoms with Crippen LogP contribution in [0.4, 0.5) is 0 Å². The molecule has 33 heavy (non-hydrogen) atoms. The van der Waals surface area contributed by atoms with Gasteiger partial charge in [-0.2, -0.15) is 5.10 Å². The average molecular weight is 466 g/mol. The van der Waals surface area contributed by atoms with Crippen LogP contribution in [0, 0.1) is 34.6 Å². The van der Waals surface area contributed by atoms with Gasteiger partial charge in [0.05, 0.1) is 24.6 Å². The van der Waals surface area contributed by atoms with Crippen molar-refractivity contribution in [2.75, 3.05) is 12.9 Å². The van der Waals surface area contributed by atoms with E-state index in [2.05, 4.69) is 25.1 Å². The van der Waals surface area contributed by atoms with Crippen LogP contribution in [-0.2, 0) is 9.53 Å². The summed E-state index contributed by atoms with van der Waals surface area (Å²) in [6.45, 7) is 9.63. The topological polar surface area (TPSA) is 98.5 Å². The van der Waals surface area contributed by atoms with E-state index in [0.29, 0.717) is 10.7 Å². The maximum Gasteiger partial charge on any atom is 0.338 e. The van der Waals surface area contributed by atoms with Crippen LogP contribution in [0.3, 0.4) is 0 Å². The Morgan fingerprint density at radius 2 is 1.82 bits per heavy atom. The van der Waals surface area contributed by atoms with Gasteiger partial charge in [0.15, 0.2) is 5.16 Å². The first kappa shape index (κ1) is 24.2. The van der Waals surface area contributed by atoms with E-state index in [1.807, 2.05) is 58.9 Å². The molecule has 0 fully saturated rings. The maximum atomic E-state index is 12.2. The number of rotatable bonds is 7. The molecule has 0 aliphatic rings. The number of nitrogens with zero attached hydrogens (tertiary/aromatic N) is 4. The van der Waals surface area contributed by atoms with Crippen molar-refractivity contribution >= 4 is 29.9 Å². The minimum Gasteiger partial charge on any atom is -0.465 e. The molecule has 3 aromatic rings. The van der Waals surface area contributed by atoms with Gasteiger partial charge >= 0.3 is 5.97 Å². The van der Waals surface area contributed by atoms with Gasteiger partial charge in [0.2, 0.25) is 0 Å². The fourth-order valence-electron chi connectivity index (χ4n) is 3.58. The van der Waals surface area contributed by atoms with Crippen molar-refractivity contribution in [1.29, 1.82) is 0 Å². The van der Waals surface area contributed by atoms with Gasteiger partial charge in [-0.3, -0.25) is 4.79 Å². The Balaban J connectivity index is 1.71. The van der Waals surface area contributed by atoms with E-state index in [0.717, 1.165) is 39.6 Å². The molecular formula is C24H27N5O3S. The highest BCUT2D eigenvalue weighted by molar-refractivity contribution is 7.99. The Kier molecular flexibility index (Phi) is 7.65. The van der Waals surface area contributed by atoms with Gasteiger partial charge in [-0.05, 0) is 64.4 Å².